The molecule has 0 saturated carbocycles. The van der Waals surface area contributed by atoms with E-state index in [9.17, 15) is 12.8 Å². The first-order valence-electron chi connectivity index (χ1n) is 11.4. The Labute approximate surface area is 198 Å². The average Bonchev–Trinajstić information content (AvgIpc) is 3.32. The van der Waals surface area contributed by atoms with Crippen LogP contribution in [-0.2, 0) is 9.84 Å². The highest BCUT2D eigenvalue weighted by Crippen LogP contribution is 2.38. The molecule has 174 valence electrons. The molecular weight excluding hydrogens is 451 g/mol. The maximum Gasteiger partial charge on any atom is 0.236 e. The second kappa shape index (κ2) is 9.43. The summed E-state index contributed by atoms with van der Waals surface area (Å²) < 4.78 is 47.1. The molecule has 1 aromatic heterocycles. The first-order valence-corrected chi connectivity index (χ1v) is 12.9. The standard InChI is InChI=1S/C27H25FN2O3S/c28-22-14-16-23(17-15-22)34(31,32)26-27(30-18-8-3-9-19-30)33-25(29-26)24(20-10-4-1-5-11-20)21-12-6-2-7-13-21/h1-2,4-7,10-17,24H,3,8-9,18-19H2. The highest BCUT2D eigenvalue weighted by atomic mass is 32.2. The van der Waals surface area contributed by atoms with Gasteiger partial charge in [-0.05, 0) is 54.7 Å². The van der Waals surface area contributed by atoms with Gasteiger partial charge in [-0.15, -0.1) is 0 Å². The Bertz CT molecular complexity index is 1310. The van der Waals surface area contributed by atoms with Crippen molar-refractivity contribution in [2.24, 2.45) is 0 Å². The fourth-order valence-corrected chi connectivity index (χ4v) is 5.73. The summed E-state index contributed by atoms with van der Waals surface area (Å²) >= 11 is 0. The molecular formula is C27H25FN2O3S. The van der Waals surface area contributed by atoms with Crippen LogP contribution in [0.3, 0.4) is 0 Å². The van der Waals surface area contributed by atoms with E-state index in [-0.39, 0.29) is 21.7 Å². The van der Waals surface area contributed by atoms with Crippen LogP contribution < -0.4 is 4.90 Å². The Morgan fingerprint density at radius 2 is 1.35 bits per heavy atom. The third kappa shape index (κ3) is 4.35. The van der Waals surface area contributed by atoms with Crippen molar-refractivity contribution in [1.82, 2.24) is 4.98 Å². The molecule has 7 heteroatoms. The van der Waals surface area contributed by atoms with Crippen molar-refractivity contribution in [2.75, 3.05) is 18.0 Å². The first-order chi connectivity index (χ1) is 16.5. The SMILES string of the molecule is O=S(=O)(c1ccc(F)cc1)c1nc(C(c2ccccc2)c2ccccc2)oc1N1CCCCC1. The number of sulfone groups is 1. The second-order valence-electron chi connectivity index (χ2n) is 8.42. The van der Waals surface area contributed by atoms with Crippen molar-refractivity contribution in [3.8, 4) is 0 Å². The number of nitrogens with zero attached hydrogens (tertiary/aromatic N) is 2. The number of hydrogen-bond acceptors (Lipinski definition) is 5. The third-order valence-corrected chi connectivity index (χ3v) is 7.80. The molecule has 3 aromatic carbocycles. The van der Waals surface area contributed by atoms with Crippen LogP contribution >= 0.6 is 0 Å². The average molecular weight is 477 g/mol. The smallest absolute Gasteiger partial charge is 0.236 e. The minimum Gasteiger partial charge on any atom is -0.423 e. The Kier molecular flexibility index (Phi) is 6.20. The Balaban J connectivity index is 1.69. The van der Waals surface area contributed by atoms with Gasteiger partial charge in [0.05, 0.1) is 10.8 Å². The number of hydrogen-bond donors (Lipinski definition) is 0. The van der Waals surface area contributed by atoms with E-state index in [1.54, 1.807) is 0 Å². The van der Waals surface area contributed by atoms with Gasteiger partial charge in [0.1, 0.15) is 5.82 Å². The van der Waals surface area contributed by atoms with Gasteiger partial charge in [-0.1, -0.05) is 60.7 Å². The molecule has 0 bridgehead atoms. The van der Waals surface area contributed by atoms with E-state index in [1.807, 2.05) is 65.6 Å². The quantitative estimate of drug-likeness (QED) is 0.328. The lowest BCUT2D eigenvalue weighted by atomic mass is 9.91. The zero-order valence-electron chi connectivity index (χ0n) is 18.6. The third-order valence-electron chi connectivity index (χ3n) is 6.13. The molecule has 1 saturated heterocycles. The van der Waals surface area contributed by atoms with Gasteiger partial charge in [-0.25, -0.2) is 12.8 Å². The van der Waals surface area contributed by atoms with Gasteiger partial charge in [0.2, 0.25) is 26.6 Å². The van der Waals surface area contributed by atoms with Crippen LogP contribution in [0.5, 0.6) is 0 Å². The lowest BCUT2D eigenvalue weighted by molar-refractivity contribution is 0.458. The van der Waals surface area contributed by atoms with Gasteiger partial charge < -0.3 is 9.32 Å². The highest BCUT2D eigenvalue weighted by Gasteiger charge is 2.34. The molecule has 0 N–H and O–H groups in total. The summed E-state index contributed by atoms with van der Waals surface area (Å²) in [6.45, 7) is 1.39. The number of anilines is 1. The molecule has 1 fully saturated rings. The Morgan fingerprint density at radius 1 is 0.794 bits per heavy atom. The summed E-state index contributed by atoms with van der Waals surface area (Å²) in [5.74, 6) is -0.290. The van der Waals surface area contributed by atoms with Crippen molar-refractivity contribution in [1.29, 1.82) is 0 Å². The maximum absolute atomic E-state index is 13.6. The number of piperidine rings is 1. The molecule has 4 aromatic rings. The van der Waals surface area contributed by atoms with E-state index in [0.717, 1.165) is 42.5 Å². The lowest BCUT2D eigenvalue weighted by Gasteiger charge is -2.26. The number of halogens is 1. The molecule has 1 aliphatic heterocycles. The van der Waals surface area contributed by atoms with E-state index in [4.69, 9.17) is 4.42 Å². The van der Waals surface area contributed by atoms with Gasteiger partial charge in [0.15, 0.2) is 0 Å². The van der Waals surface area contributed by atoms with Crippen LogP contribution in [0.15, 0.2) is 99.3 Å². The number of oxazole rings is 1. The van der Waals surface area contributed by atoms with E-state index >= 15 is 0 Å². The van der Waals surface area contributed by atoms with E-state index in [0.29, 0.717) is 19.0 Å². The van der Waals surface area contributed by atoms with Crippen LogP contribution in [0, 0.1) is 5.82 Å². The molecule has 0 spiro atoms. The van der Waals surface area contributed by atoms with Crippen molar-refractivity contribution in [2.45, 2.75) is 35.1 Å². The minimum absolute atomic E-state index is 0.0111. The van der Waals surface area contributed by atoms with Gasteiger partial charge in [0.25, 0.3) is 0 Å². The van der Waals surface area contributed by atoms with Crippen LogP contribution in [-0.4, -0.2) is 26.5 Å². The van der Waals surface area contributed by atoms with Gasteiger partial charge in [-0.3, -0.25) is 0 Å². The van der Waals surface area contributed by atoms with Crippen molar-refractivity contribution >= 4 is 15.7 Å². The highest BCUT2D eigenvalue weighted by molar-refractivity contribution is 7.91. The van der Waals surface area contributed by atoms with Crippen LogP contribution in [0.2, 0.25) is 0 Å². The van der Waals surface area contributed by atoms with Gasteiger partial charge in [0, 0.05) is 13.1 Å². The van der Waals surface area contributed by atoms with Crippen LogP contribution in [0.4, 0.5) is 10.3 Å². The molecule has 0 amide bonds. The zero-order chi connectivity index (χ0) is 23.5. The zero-order valence-corrected chi connectivity index (χ0v) is 19.4. The summed E-state index contributed by atoms with van der Waals surface area (Å²) in [7, 11) is -4.03. The van der Waals surface area contributed by atoms with Gasteiger partial charge >= 0.3 is 0 Å². The van der Waals surface area contributed by atoms with Crippen molar-refractivity contribution < 1.29 is 17.2 Å². The first kappa shape index (κ1) is 22.3. The summed E-state index contributed by atoms with van der Waals surface area (Å²) in [6.07, 6.45) is 2.99. The molecule has 0 aliphatic carbocycles. The molecule has 2 heterocycles. The minimum atomic E-state index is -4.03. The predicted octanol–water partition coefficient (Wildman–Crippen LogP) is 5.82. The number of aromatic nitrogens is 1. The Hall–Kier alpha value is -3.45. The van der Waals surface area contributed by atoms with Crippen molar-refractivity contribution in [3.63, 3.8) is 0 Å². The monoisotopic (exact) mass is 476 g/mol. The van der Waals surface area contributed by atoms with E-state index in [1.165, 1.54) is 12.1 Å². The van der Waals surface area contributed by atoms with Crippen LogP contribution in [0.25, 0.3) is 0 Å². The fraction of sp³-hybridized carbons (Fsp3) is 0.222. The second-order valence-corrected chi connectivity index (χ2v) is 10.3. The van der Waals surface area contributed by atoms with Crippen molar-refractivity contribution in [3.05, 3.63) is 108 Å². The number of rotatable bonds is 6. The van der Waals surface area contributed by atoms with Gasteiger partial charge in [-0.2, -0.15) is 4.98 Å². The van der Waals surface area contributed by atoms with Crippen LogP contribution in [0.1, 0.15) is 42.2 Å². The summed E-state index contributed by atoms with van der Waals surface area (Å²) in [6, 6.07) is 24.4. The normalized spacial score (nSPS) is 14.5. The topological polar surface area (TPSA) is 63.4 Å². The van der Waals surface area contributed by atoms with E-state index < -0.39 is 15.7 Å². The summed E-state index contributed by atoms with van der Waals surface area (Å²) in [4.78, 5) is 6.57. The Morgan fingerprint density at radius 3 is 1.91 bits per heavy atom. The molecule has 0 atom stereocenters. The molecule has 0 unspecified atom stereocenters. The molecule has 5 rings (SSSR count). The summed E-state index contributed by atoms with van der Waals surface area (Å²) in [5.41, 5.74) is 1.90. The fourth-order valence-electron chi connectivity index (χ4n) is 4.40. The molecule has 34 heavy (non-hydrogen) atoms. The largest absolute Gasteiger partial charge is 0.423 e. The van der Waals surface area contributed by atoms with E-state index in [2.05, 4.69) is 4.98 Å². The lowest BCUT2D eigenvalue weighted by Crippen LogP contribution is -2.30. The predicted molar refractivity (Wildman–Crippen MR) is 128 cm³/mol. The summed E-state index contributed by atoms with van der Waals surface area (Å²) in [5, 5.41) is -0.118. The molecule has 0 radical (unpaired) electrons. The molecule has 5 nitrogen and oxygen atoms in total. The maximum atomic E-state index is 13.6. The molecule has 1 aliphatic rings. The number of benzene rings is 3.